The summed E-state index contributed by atoms with van der Waals surface area (Å²) in [7, 11) is 0. The minimum absolute atomic E-state index is 0.0594. The number of fused-ring (bicyclic) bond motifs is 1. The number of rotatable bonds is 7. The number of amides is 1. The molecule has 0 aliphatic carbocycles. The molecule has 3 aromatic rings. The summed E-state index contributed by atoms with van der Waals surface area (Å²) in [6, 6.07) is 15.7. The van der Waals surface area contributed by atoms with Crippen LogP contribution in [0.2, 0.25) is 0 Å². The number of carbonyl (C=O) groups is 1. The molecule has 1 atom stereocenters. The monoisotopic (exact) mass is 413 g/mol. The molecule has 0 saturated heterocycles. The summed E-state index contributed by atoms with van der Waals surface area (Å²) in [6.45, 7) is 5.98. The first-order chi connectivity index (χ1) is 12.6. The molecule has 1 amide bonds. The predicted octanol–water partition coefficient (Wildman–Crippen LogP) is 4.82. The molecule has 0 spiro atoms. The summed E-state index contributed by atoms with van der Waals surface area (Å²) in [5.41, 5.74) is 2.85. The quantitative estimate of drug-likeness (QED) is 0.603. The second-order valence-corrected chi connectivity index (χ2v) is 7.57. The molecule has 0 aliphatic rings. The van der Waals surface area contributed by atoms with E-state index in [9.17, 15) is 4.79 Å². The van der Waals surface area contributed by atoms with Gasteiger partial charge >= 0.3 is 0 Å². The van der Waals surface area contributed by atoms with E-state index in [0.717, 1.165) is 28.8 Å². The molecule has 0 aliphatic heterocycles. The zero-order valence-electron chi connectivity index (χ0n) is 15.2. The average Bonchev–Trinajstić information content (AvgIpc) is 2.99. The van der Waals surface area contributed by atoms with E-state index in [0.29, 0.717) is 24.4 Å². The molecular formula is C21H24BrN3O. The van der Waals surface area contributed by atoms with E-state index in [1.807, 2.05) is 36.4 Å². The average molecular weight is 414 g/mol. The summed E-state index contributed by atoms with van der Waals surface area (Å²) in [4.78, 5) is 17.1. The fourth-order valence-corrected chi connectivity index (χ4v) is 3.38. The van der Waals surface area contributed by atoms with Crippen LogP contribution in [0.5, 0.6) is 0 Å². The van der Waals surface area contributed by atoms with Gasteiger partial charge in [-0.3, -0.25) is 4.79 Å². The molecule has 3 rings (SSSR count). The first kappa shape index (κ1) is 18.6. The number of hydrogen-bond acceptors (Lipinski definition) is 2. The molecule has 1 aromatic heterocycles. The predicted molar refractivity (Wildman–Crippen MR) is 109 cm³/mol. The first-order valence-corrected chi connectivity index (χ1v) is 9.85. The molecule has 1 unspecified atom stereocenters. The summed E-state index contributed by atoms with van der Waals surface area (Å²) in [5.74, 6) is 1.56. The molecule has 136 valence electrons. The number of hydrogen-bond donors (Lipinski definition) is 1. The highest BCUT2D eigenvalue weighted by Crippen LogP contribution is 2.19. The number of nitrogens with one attached hydrogen (secondary N) is 1. The summed E-state index contributed by atoms with van der Waals surface area (Å²) in [5, 5.41) is 3.00. The maximum Gasteiger partial charge on any atom is 0.251 e. The van der Waals surface area contributed by atoms with Crippen LogP contribution in [0.15, 0.2) is 53.0 Å². The van der Waals surface area contributed by atoms with E-state index in [1.165, 1.54) is 5.52 Å². The minimum Gasteiger partial charge on any atom is -0.352 e. The fraction of sp³-hybridized carbons (Fsp3) is 0.333. The summed E-state index contributed by atoms with van der Waals surface area (Å²) >= 11 is 3.40. The highest BCUT2D eigenvalue weighted by Gasteiger charge is 2.13. The Balaban J connectivity index is 1.72. The summed E-state index contributed by atoms with van der Waals surface area (Å²) in [6.07, 6.45) is 1.84. The van der Waals surface area contributed by atoms with Crippen molar-refractivity contribution in [1.29, 1.82) is 0 Å². The van der Waals surface area contributed by atoms with Crippen LogP contribution >= 0.6 is 15.9 Å². The molecule has 2 aromatic carbocycles. The van der Waals surface area contributed by atoms with Crippen LogP contribution in [0.1, 0.15) is 36.5 Å². The van der Waals surface area contributed by atoms with Crippen molar-refractivity contribution in [2.75, 3.05) is 6.54 Å². The molecule has 5 heteroatoms. The number of para-hydroxylation sites is 2. The lowest BCUT2D eigenvalue weighted by molar-refractivity contribution is 0.0954. The number of imidazole rings is 1. The molecule has 26 heavy (non-hydrogen) atoms. The van der Waals surface area contributed by atoms with Gasteiger partial charge in [0.2, 0.25) is 0 Å². The Labute approximate surface area is 162 Å². The molecule has 0 fully saturated rings. The zero-order chi connectivity index (χ0) is 18.5. The Hall–Kier alpha value is -2.14. The SMILES string of the molecule is CCC(C)Cn1c(CCNC(=O)c2cccc(Br)c2)nc2ccccc21. The van der Waals surface area contributed by atoms with Crippen molar-refractivity contribution in [1.82, 2.24) is 14.9 Å². The van der Waals surface area contributed by atoms with E-state index in [2.05, 4.69) is 51.8 Å². The number of aromatic nitrogens is 2. The molecule has 4 nitrogen and oxygen atoms in total. The van der Waals surface area contributed by atoms with Crippen LogP contribution in [-0.2, 0) is 13.0 Å². The molecule has 0 bridgehead atoms. The lowest BCUT2D eigenvalue weighted by atomic mass is 10.1. The van der Waals surface area contributed by atoms with Crippen LogP contribution in [0.3, 0.4) is 0 Å². The number of carbonyl (C=O) groups excluding carboxylic acids is 1. The fourth-order valence-electron chi connectivity index (χ4n) is 2.98. The van der Waals surface area contributed by atoms with Crippen LogP contribution in [0.4, 0.5) is 0 Å². The van der Waals surface area contributed by atoms with Gasteiger partial charge in [-0.05, 0) is 36.2 Å². The van der Waals surface area contributed by atoms with Gasteiger partial charge in [0.05, 0.1) is 11.0 Å². The molecule has 0 radical (unpaired) electrons. The van der Waals surface area contributed by atoms with E-state index >= 15 is 0 Å². The van der Waals surface area contributed by atoms with E-state index in [-0.39, 0.29) is 5.91 Å². The second kappa shape index (κ2) is 8.49. The molecule has 0 saturated carbocycles. The van der Waals surface area contributed by atoms with E-state index in [4.69, 9.17) is 4.98 Å². The van der Waals surface area contributed by atoms with Crippen LogP contribution in [0.25, 0.3) is 11.0 Å². The second-order valence-electron chi connectivity index (χ2n) is 6.66. The van der Waals surface area contributed by atoms with E-state index in [1.54, 1.807) is 0 Å². The summed E-state index contributed by atoms with van der Waals surface area (Å²) < 4.78 is 3.20. The lowest BCUT2D eigenvalue weighted by Gasteiger charge is -2.14. The minimum atomic E-state index is -0.0594. The van der Waals surface area contributed by atoms with Crippen LogP contribution < -0.4 is 5.32 Å². The Kier molecular flexibility index (Phi) is 6.09. The van der Waals surface area contributed by atoms with Gasteiger partial charge in [0.25, 0.3) is 5.91 Å². The van der Waals surface area contributed by atoms with Crippen molar-refractivity contribution in [3.05, 3.63) is 64.4 Å². The van der Waals surface area contributed by atoms with Gasteiger partial charge in [0, 0.05) is 29.5 Å². The standard InChI is InChI=1S/C21H24BrN3O/c1-3-15(2)14-25-19-10-5-4-9-18(19)24-20(25)11-12-23-21(26)16-7-6-8-17(22)13-16/h4-10,13,15H,3,11-12,14H2,1-2H3,(H,23,26). The van der Waals surface area contributed by atoms with Gasteiger partial charge in [0.15, 0.2) is 0 Å². The maximum absolute atomic E-state index is 12.3. The van der Waals surface area contributed by atoms with Gasteiger partial charge in [-0.1, -0.05) is 54.4 Å². The van der Waals surface area contributed by atoms with Crippen molar-refractivity contribution in [2.45, 2.75) is 33.2 Å². The van der Waals surface area contributed by atoms with Crippen molar-refractivity contribution in [2.24, 2.45) is 5.92 Å². The third kappa shape index (κ3) is 4.33. The van der Waals surface area contributed by atoms with Gasteiger partial charge in [-0.2, -0.15) is 0 Å². The van der Waals surface area contributed by atoms with Crippen LogP contribution in [-0.4, -0.2) is 22.0 Å². The van der Waals surface area contributed by atoms with Crippen molar-refractivity contribution >= 4 is 32.9 Å². The third-order valence-electron chi connectivity index (χ3n) is 4.65. The lowest BCUT2D eigenvalue weighted by Crippen LogP contribution is -2.26. The van der Waals surface area contributed by atoms with Crippen molar-refractivity contribution in [3.63, 3.8) is 0 Å². The maximum atomic E-state index is 12.3. The van der Waals surface area contributed by atoms with Crippen LogP contribution in [0, 0.1) is 5.92 Å². The Morgan fingerprint density at radius 2 is 2.04 bits per heavy atom. The Morgan fingerprint density at radius 3 is 2.81 bits per heavy atom. The normalized spacial score (nSPS) is 12.3. The Bertz CT molecular complexity index is 903. The Morgan fingerprint density at radius 1 is 1.23 bits per heavy atom. The third-order valence-corrected chi connectivity index (χ3v) is 5.14. The van der Waals surface area contributed by atoms with Gasteiger partial charge in [0.1, 0.15) is 5.82 Å². The smallest absolute Gasteiger partial charge is 0.251 e. The molecule has 1 N–H and O–H groups in total. The van der Waals surface area contributed by atoms with Gasteiger partial charge in [-0.25, -0.2) is 4.98 Å². The molecule has 1 heterocycles. The number of benzene rings is 2. The van der Waals surface area contributed by atoms with E-state index < -0.39 is 0 Å². The highest BCUT2D eigenvalue weighted by atomic mass is 79.9. The zero-order valence-corrected chi connectivity index (χ0v) is 16.8. The number of halogens is 1. The van der Waals surface area contributed by atoms with Gasteiger partial charge < -0.3 is 9.88 Å². The van der Waals surface area contributed by atoms with Crippen molar-refractivity contribution in [3.8, 4) is 0 Å². The first-order valence-electron chi connectivity index (χ1n) is 9.06. The largest absolute Gasteiger partial charge is 0.352 e. The van der Waals surface area contributed by atoms with Gasteiger partial charge in [-0.15, -0.1) is 0 Å². The number of nitrogens with zero attached hydrogens (tertiary/aromatic N) is 2. The topological polar surface area (TPSA) is 46.9 Å². The van der Waals surface area contributed by atoms with Crippen molar-refractivity contribution < 1.29 is 4.79 Å². The molecular weight excluding hydrogens is 390 g/mol. The highest BCUT2D eigenvalue weighted by molar-refractivity contribution is 9.10.